The average Bonchev–Trinajstić information content (AvgIpc) is 3.41. The molecule has 2 aromatic heterocycles. The summed E-state index contributed by atoms with van der Waals surface area (Å²) in [6.07, 6.45) is 3.48. The van der Waals surface area contributed by atoms with Crippen LogP contribution in [0.3, 0.4) is 0 Å². The number of aryl methyl sites for hydroxylation is 1. The van der Waals surface area contributed by atoms with Crippen LogP contribution in [-0.2, 0) is 0 Å². The van der Waals surface area contributed by atoms with Gasteiger partial charge in [0.1, 0.15) is 17.1 Å². The van der Waals surface area contributed by atoms with Crippen LogP contribution in [0.2, 0.25) is 0 Å². The van der Waals surface area contributed by atoms with Crippen molar-refractivity contribution in [1.82, 2.24) is 9.78 Å². The maximum Gasteiger partial charge on any atom is 0.337 e. The van der Waals surface area contributed by atoms with Crippen LogP contribution in [0.1, 0.15) is 40.0 Å². The Kier molecular flexibility index (Phi) is 6.46. The Balaban J connectivity index is 1.60. The van der Waals surface area contributed by atoms with Gasteiger partial charge in [0.15, 0.2) is 5.43 Å². The topological polar surface area (TPSA) is 107 Å². The van der Waals surface area contributed by atoms with Gasteiger partial charge < -0.3 is 19.6 Å². The number of ether oxygens (including phenoxy) is 1. The number of aromatic nitrogens is 2. The van der Waals surface area contributed by atoms with Crippen LogP contribution >= 0.6 is 0 Å². The lowest BCUT2D eigenvalue weighted by Crippen LogP contribution is -2.14. The molecule has 1 atom stereocenters. The standard InChI is InChI=1S/C30H27N3O5/c1-17-13-24(19(3)32-26-8-6-5-7-23(26)30(35)36)29-25(14-17)27(34)18(2)28(38-29)20-15-31-33(16-20)21-9-11-22(37-4)12-10-21/h5-16,19,32H,1-4H3,(H,35,36)/t19-/m1/s1. The van der Waals surface area contributed by atoms with Gasteiger partial charge in [0, 0.05) is 23.0 Å². The van der Waals surface area contributed by atoms with E-state index in [1.54, 1.807) is 49.2 Å². The zero-order valence-corrected chi connectivity index (χ0v) is 21.5. The summed E-state index contributed by atoms with van der Waals surface area (Å²) in [5.74, 6) is 0.159. The molecule has 0 radical (unpaired) electrons. The number of carboxylic acid groups (broad SMARTS) is 1. The van der Waals surface area contributed by atoms with Crippen molar-refractivity contribution in [3.8, 4) is 22.8 Å². The zero-order valence-electron chi connectivity index (χ0n) is 21.5. The smallest absolute Gasteiger partial charge is 0.337 e. The number of hydrogen-bond acceptors (Lipinski definition) is 6. The number of nitrogens with one attached hydrogen (secondary N) is 1. The molecule has 0 spiro atoms. The molecule has 192 valence electrons. The van der Waals surface area contributed by atoms with Gasteiger partial charge in [-0.3, -0.25) is 4.79 Å². The van der Waals surface area contributed by atoms with Gasteiger partial charge >= 0.3 is 5.97 Å². The van der Waals surface area contributed by atoms with Gasteiger partial charge in [-0.05, 0) is 68.8 Å². The molecule has 8 nitrogen and oxygen atoms in total. The van der Waals surface area contributed by atoms with E-state index in [0.717, 1.165) is 22.6 Å². The number of nitrogens with zero attached hydrogens (tertiary/aromatic N) is 2. The van der Waals surface area contributed by atoms with Gasteiger partial charge in [0.25, 0.3) is 0 Å². The van der Waals surface area contributed by atoms with E-state index in [2.05, 4.69) is 10.4 Å². The predicted octanol–water partition coefficient (Wildman–Crippen LogP) is 6.14. The Bertz CT molecular complexity index is 1720. The van der Waals surface area contributed by atoms with Crippen molar-refractivity contribution in [3.05, 3.63) is 106 Å². The Morgan fingerprint density at radius 2 is 1.84 bits per heavy atom. The van der Waals surface area contributed by atoms with Crippen molar-refractivity contribution in [2.45, 2.75) is 26.8 Å². The molecule has 0 saturated carbocycles. The number of para-hydroxylation sites is 1. The van der Waals surface area contributed by atoms with Crippen LogP contribution in [0.4, 0.5) is 5.69 Å². The first-order chi connectivity index (χ1) is 18.3. The van der Waals surface area contributed by atoms with Crippen LogP contribution < -0.4 is 15.5 Å². The summed E-state index contributed by atoms with van der Waals surface area (Å²) in [4.78, 5) is 25.2. The molecule has 0 fully saturated rings. The number of fused-ring (bicyclic) bond motifs is 1. The van der Waals surface area contributed by atoms with Gasteiger partial charge in [-0.2, -0.15) is 5.10 Å². The minimum atomic E-state index is -1.02. The molecule has 2 heterocycles. The average molecular weight is 510 g/mol. The summed E-state index contributed by atoms with van der Waals surface area (Å²) in [6, 6.07) is 17.6. The highest BCUT2D eigenvalue weighted by molar-refractivity contribution is 5.94. The molecule has 0 aliphatic rings. The fourth-order valence-electron chi connectivity index (χ4n) is 4.59. The van der Waals surface area contributed by atoms with E-state index in [9.17, 15) is 14.7 Å². The van der Waals surface area contributed by atoms with E-state index >= 15 is 0 Å². The molecule has 0 aliphatic carbocycles. The van der Waals surface area contributed by atoms with Crippen LogP contribution in [0.15, 0.2) is 82.3 Å². The molecule has 0 aliphatic heterocycles. The number of carboxylic acids is 1. The molecule has 0 amide bonds. The monoisotopic (exact) mass is 509 g/mol. The Labute approximate surface area is 219 Å². The minimum Gasteiger partial charge on any atom is -0.497 e. The quantitative estimate of drug-likeness (QED) is 0.271. The number of aromatic carboxylic acids is 1. The lowest BCUT2D eigenvalue weighted by molar-refractivity contribution is 0.0698. The van der Waals surface area contributed by atoms with E-state index in [1.807, 2.05) is 56.4 Å². The van der Waals surface area contributed by atoms with Crippen molar-refractivity contribution in [2.75, 3.05) is 12.4 Å². The molecule has 0 unspecified atom stereocenters. The SMILES string of the molecule is COc1ccc(-n2cc(-c3oc4c([C@@H](C)Nc5ccccc5C(=O)O)cc(C)cc4c(=O)c3C)cn2)cc1. The summed E-state index contributed by atoms with van der Waals surface area (Å²) >= 11 is 0. The van der Waals surface area contributed by atoms with Crippen molar-refractivity contribution >= 4 is 22.6 Å². The van der Waals surface area contributed by atoms with Crippen molar-refractivity contribution in [3.63, 3.8) is 0 Å². The highest BCUT2D eigenvalue weighted by Crippen LogP contribution is 2.33. The van der Waals surface area contributed by atoms with Gasteiger partial charge in [0.2, 0.25) is 0 Å². The molecule has 3 aromatic carbocycles. The number of benzene rings is 3. The summed E-state index contributed by atoms with van der Waals surface area (Å²) < 4.78 is 13.4. The first-order valence-electron chi connectivity index (χ1n) is 12.1. The molecule has 38 heavy (non-hydrogen) atoms. The molecule has 2 N–H and O–H groups in total. The minimum absolute atomic E-state index is 0.124. The molecular formula is C30H27N3O5. The highest BCUT2D eigenvalue weighted by atomic mass is 16.5. The van der Waals surface area contributed by atoms with Crippen LogP contribution in [-0.4, -0.2) is 28.0 Å². The third-order valence-electron chi connectivity index (χ3n) is 6.57. The molecule has 5 aromatic rings. The first kappa shape index (κ1) is 24.8. The molecule has 0 bridgehead atoms. The van der Waals surface area contributed by atoms with Crippen molar-refractivity contribution < 1.29 is 19.1 Å². The molecule has 8 heteroatoms. The molecule has 0 saturated heterocycles. The third-order valence-corrected chi connectivity index (χ3v) is 6.57. The summed E-state index contributed by atoms with van der Waals surface area (Å²) in [5, 5.41) is 17.8. The third kappa shape index (κ3) is 4.52. The van der Waals surface area contributed by atoms with Crippen LogP contribution in [0.5, 0.6) is 5.75 Å². The fourth-order valence-corrected chi connectivity index (χ4v) is 4.59. The lowest BCUT2D eigenvalue weighted by atomic mass is 9.99. The maximum atomic E-state index is 13.5. The Morgan fingerprint density at radius 3 is 2.55 bits per heavy atom. The second-order valence-electron chi connectivity index (χ2n) is 9.20. The molecule has 5 rings (SSSR count). The van der Waals surface area contributed by atoms with E-state index in [-0.39, 0.29) is 17.0 Å². The first-order valence-corrected chi connectivity index (χ1v) is 12.1. The largest absolute Gasteiger partial charge is 0.497 e. The van der Waals surface area contributed by atoms with E-state index in [1.165, 1.54) is 0 Å². The van der Waals surface area contributed by atoms with Gasteiger partial charge in [-0.15, -0.1) is 0 Å². The van der Waals surface area contributed by atoms with Gasteiger partial charge in [-0.25, -0.2) is 9.48 Å². The molecular weight excluding hydrogens is 482 g/mol. The lowest BCUT2D eigenvalue weighted by Gasteiger charge is -2.19. The normalized spacial score (nSPS) is 11.9. The summed E-state index contributed by atoms with van der Waals surface area (Å²) in [5.41, 5.74) is 4.62. The summed E-state index contributed by atoms with van der Waals surface area (Å²) in [6.45, 7) is 5.58. The fraction of sp³-hybridized carbons (Fsp3) is 0.167. The number of rotatable bonds is 7. The Morgan fingerprint density at radius 1 is 1.11 bits per heavy atom. The number of methoxy groups -OCH3 is 1. The van der Waals surface area contributed by atoms with Crippen molar-refractivity contribution in [2.24, 2.45) is 0 Å². The van der Waals surface area contributed by atoms with E-state index < -0.39 is 5.97 Å². The maximum absolute atomic E-state index is 13.5. The van der Waals surface area contributed by atoms with Gasteiger partial charge in [-0.1, -0.05) is 18.2 Å². The number of anilines is 1. The highest BCUT2D eigenvalue weighted by Gasteiger charge is 2.21. The number of hydrogen-bond donors (Lipinski definition) is 2. The summed E-state index contributed by atoms with van der Waals surface area (Å²) in [7, 11) is 1.61. The van der Waals surface area contributed by atoms with E-state index in [0.29, 0.717) is 33.5 Å². The van der Waals surface area contributed by atoms with Crippen LogP contribution in [0.25, 0.3) is 28.0 Å². The van der Waals surface area contributed by atoms with E-state index in [4.69, 9.17) is 9.15 Å². The van der Waals surface area contributed by atoms with Gasteiger partial charge in [0.05, 0.1) is 41.5 Å². The number of carbonyl (C=O) groups is 1. The predicted molar refractivity (Wildman–Crippen MR) is 147 cm³/mol. The zero-order chi connectivity index (χ0) is 27.0. The Hall–Kier alpha value is -4.85. The van der Waals surface area contributed by atoms with Crippen LogP contribution in [0, 0.1) is 13.8 Å². The van der Waals surface area contributed by atoms with Crippen molar-refractivity contribution in [1.29, 1.82) is 0 Å². The second-order valence-corrected chi connectivity index (χ2v) is 9.20. The second kappa shape index (κ2) is 9.89.